The summed E-state index contributed by atoms with van der Waals surface area (Å²) in [6.07, 6.45) is 2.95. The molecule has 4 heteroatoms. The summed E-state index contributed by atoms with van der Waals surface area (Å²) in [6, 6.07) is 13.1. The maximum atomic E-state index is 11.3. The molecule has 0 aliphatic rings. The van der Waals surface area contributed by atoms with Gasteiger partial charge in [0.25, 0.3) is 0 Å². The molecule has 1 amide bonds. The number of carbonyl (C=O) groups is 1. The summed E-state index contributed by atoms with van der Waals surface area (Å²) >= 11 is 0. The van der Waals surface area contributed by atoms with E-state index in [1.165, 1.54) is 6.21 Å². The summed E-state index contributed by atoms with van der Waals surface area (Å²) in [5.41, 5.74) is 0.937. The lowest BCUT2D eigenvalue weighted by molar-refractivity contribution is 0.151. The van der Waals surface area contributed by atoms with Gasteiger partial charge in [-0.2, -0.15) is 4.99 Å². The van der Waals surface area contributed by atoms with E-state index in [4.69, 9.17) is 9.15 Å². The second-order valence-electron chi connectivity index (χ2n) is 3.64. The number of carbonyl (C=O) groups excluding carboxylic acids is 1. The summed E-state index contributed by atoms with van der Waals surface area (Å²) in [6.45, 7) is 0.234. The van der Waals surface area contributed by atoms with Crippen LogP contribution in [0, 0.1) is 0 Å². The normalized spacial score (nSPS) is 10.7. The number of furan rings is 1. The van der Waals surface area contributed by atoms with Crippen LogP contribution in [0.5, 0.6) is 0 Å². The summed E-state index contributed by atoms with van der Waals surface area (Å²) < 4.78 is 10.1. The molecule has 2 aromatic rings. The molecule has 0 aliphatic carbocycles. The number of rotatable bonds is 4. The van der Waals surface area contributed by atoms with Gasteiger partial charge in [0, 0.05) is 12.6 Å². The standard InChI is InChI=1S/C14H13NO3/c16-14(15-9-8-13-7-4-10-17-13)18-11-12-5-2-1-3-6-12/h1-7,9-10H,8,11H2/b15-9+. The number of nitrogens with zero attached hydrogens (tertiary/aromatic N) is 1. The van der Waals surface area contributed by atoms with E-state index in [1.807, 2.05) is 36.4 Å². The van der Waals surface area contributed by atoms with Crippen LogP contribution in [-0.4, -0.2) is 12.3 Å². The highest BCUT2D eigenvalue weighted by Gasteiger charge is 1.99. The van der Waals surface area contributed by atoms with Crippen LogP contribution >= 0.6 is 0 Å². The van der Waals surface area contributed by atoms with Gasteiger partial charge in [-0.05, 0) is 17.7 Å². The molecule has 1 aromatic heterocycles. The Labute approximate surface area is 105 Å². The van der Waals surface area contributed by atoms with Gasteiger partial charge in [0.15, 0.2) is 0 Å². The third-order valence-electron chi connectivity index (χ3n) is 2.27. The van der Waals surface area contributed by atoms with Gasteiger partial charge < -0.3 is 9.15 Å². The lowest BCUT2D eigenvalue weighted by Crippen LogP contribution is -2.00. The summed E-state index contributed by atoms with van der Waals surface area (Å²) in [4.78, 5) is 15.0. The minimum atomic E-state index is -0.592. The highest BCUT2D eigenvalue weighted by molar-refractivity contribution is 5.79. The van der Waals surface area contributed by atoms with Crippen molar-refractivity contribution in [2.24, 2.45) is 4.99 Å². The van der Waals surface area contributed by atoms with Gasteiger partial charge in [-0.15, -0.1) is 0 Å². The average molecular weight is 243 g/mol. The number of hydrogen-bond donors (Lipinski definition) is 0. The minimum Gasteiger partial charge on any atom is -0.469 e. The van der Waals surface area contributed by atoms with Crippen LogP contribution in [0.3, 0.4) is 0 Å². The number of benzene rings is 1. The number of hydrogen-bond acceptors (Lipinski definition) is 3. The molecule has 0 N–H and O–H groups in total. The monoisotopic (exact) mass is 243 g/mol. The van der Waals surface area contributed by atoms with E-state index in [0.717, 1.165) is 11.3 Å². The van der Waals surface area contributed by atoms with Crippen molar-refractivity contribution < 1.29 is 13.9 Å². The van der Waals surface area contributed by atoms with Crippen molar-refractivity contribution in [3.63, 3.8) is 0 Å². The molecular weight excluding hydrogens is 230 g/mol. The second kappa shape index (κ2) is 6.39. The lowest BCUT2D eigenvalue weighted by atomic mass is 10.2. The van der Waals surface area contributed by atoms with Gasteiger partial charge in [0.2, 0.25) is 0 Å². The number of amides is 1. The summed E-state index contributed by atoms with van der Waals surface area (Å²) in [7, 11) is 0. The van der Waals surface area contributed by atoms with Crippen LogP contribution in [-0.2, 0) is 17.8 Å². The largest absolute Gasteiger partial charge is 0.469 e. The van der Waals surface area contributed by atoms with E-state index in [0.29, 0.717) is 6.42 Å². The first kappa shape index (κ1) is 12.1. The van der Waals surface area contributed by atoms with E-state index in [1.54, 1.807) is 12.3 Å². The van der Waals surface area contributed by atoms with E-state index in [9.17, 15) is 4.79 Å². The second-order valence-corrected chi connectivity index (χ2v) is 3.64. The molecule has 0 fully saturated rings. The Hall–Kier alpha value is -2.36. The Morgan fingerprint density at radius 2 is 2.06 bits per heavy atom. The van der Waals surface area contributed by atoms with E-state index < -0.39 is 6.09 Å². The predicted octanol–water partition coefficient (Wildman–Crippen LogP) is 3.23. The molecule has 0 saturated carbocycles. The first-order valence-electron chi connectivity index (χ1n) is 5.60. The first-order valence-corrected chi connectivity index (χ1v) is 5.60. The fourth-order valence-corrected chi connectivity index (χ4v) is 1.40. The predicted molar refractivity (Wildman–Crippen MR) is 67.5 cm³/mol. The van der Waals surface area contributed by atoms with Crippen molar-refractivity contribution in [2.75, 3.05) is 0 Å². The zero-order valence-corrected chi connectivity index (χ0v) is 9.78. The summed E-state index contributed by atoms with van der Waals surface area (Å²) in [5, 5.41) is 0. The van der Waals surface area contributed by atoms with Gasteiger partial charge in [0.1, 0.15) is 12.4 Å². The van der Waals surface area contributed by atoms with Crippen LogP contribution in [0.25, 0.3) is 0 Å². The molecule has 4 nitrogen and oxygen atoms in total. The lowest BCUT2D eigenvalue weighted by Gasteiger charge is -2.00. The third-order valence-corrected chi connectivity index (χ3v) is 2.27. The molecule has 0 atom stereocenters. The maximum absolute atomic E-state index is 11.3. The topological polar surface area (TPSA) is 51.8 Å². The highest BCUT2D eigenvalue weighted by atomic mass is 16.5. The van der Waals surface area contributed by atoms with Crippen molar-refractivity contribution >= 4 is 12.3 Å². The zero-order chi connectivity index (χ0) is 12.6. The van der Waals surface area contributed by atoms with Crippen molar-refractivity contribution in [2.45, 2.75) is 13.0 Å². The van der Waals surface area contributed by atoms with Gasteiger partial charge >= 0.3 is 6.09 Å². The Balaban J connectivity index is 1.74. The third kappa shape index (κ3) is 3.90. The molecule has 0 spiro atoms. The number of ether oxygens (including phenoxy) is 1. The van der Waals surface area contributed by atoms with Crippen molar-refractivity contribution in [1.29, 1.82) is 0 Å². The van der Waals surface area contributed by atoms with Crippen molar-refractivity contribution in [1.82, 2.24) is 0 Å². The fraction of sp³-hybridized carbons (Fsp3) is 0.143. The van der Waals surface area contributed by atoms with Crippen LogP contribution < -0.4 is 0 Å². The molecule has 0 bridgehead atoms. The fourth-order valence-electron chi connectivity index (χ4n) is 1.40. The smallest absolute Gasteiger partial charge is 0.433 e. The summed E-state index contributed by atoms with van der Waals surface area (Å²) in [5.74, 6) is 0.759. The molecule has 0 radical (unpaired) electrons. The molecule has 0 aliphatic heterocycles. The van der Waals surface area contributed by atoms with Crippen molar-refractivity contribution in [3.8, 4) is 0 Å². The molecule has 0 unspecified atom stereocenters. The van der Waals surface area contributed by atoms with Gasteiger partial charge in [-0.3, -0.25) is 0 Å². The van der Waals surface area contributed by atoms with Crippen LogP contribution in [0.1, 0.15) is 11.3 Å². The van der Waals surface area contributed by atoms with Crippen molar-refractivity contribution in [3.05, 3.63) is 60.1 Å². The van der Waals surface area contributed by atoms with Crippen LogP contribution in [0.15, 0.2) is 58.1 Å². The van der Waals surface area contributed by atoms with E-state index in [-0.39, 0.29) is 6.61 Å². The molecule has 0 saturated heterocycles. The van der Waals surface area contributed by atoms with E-state index in [2.05, 4.69) is 4.99 Å². The number of aliphatic imine (C=N–C) groups is 1. The Bertz CT molecular complexity index is 503. The molecule has 2 rings (SSSR count). The minimum absolute atomic E-state index is 0.234. The average Bonchev–Trinajstić information content (AvgIpc) is 2.91. The molecule has 1 heterocycles. The molecule has 18 heavy (non-hydrogen) atoms. The van der Waals surface area contributed by atoms with E-state index >= 15 is 0 Å². The van der Waals surface area contributed by atoms with Gasteiger partial charge in [-0.1, -0.05) is 30.3 Å². The van der Waals surface area contributed by atoms with Crippen LogP contribution in [0.2, 0.25) is 0 Å². The molecule has 1 aromatic carbocycles. The van der Waals surface area contributed by atoms with Gasteiger partial charge in [-0.25, -0.2) is 4.79 Å². The maximum Gasteiger partial charge on any atom is 0.433 e. The Kier molecular flexibility index (Phi) is 4.30. The van der Waals surface area contributed by atoms with Gasteiger partial charge in [0.05, 0.1) is 6.26 Å². The molecular formula is C14H13NO3. The SMILES string of the molecule is O=C(/N=C/Cc1ccco1)OCc1ccccc1. The quantitative estimate of drug-likeness (QED) is 0.774. The first-order chi connectivity index (χ1) is 8.84. The van der Waals surface area contributed by atoms with Crippen LogP contribution in [0.4, 0.5) is 4.79 Å². The Morgan fingerprint density at radius 1 is 1.22 bits per heavy atom. The molecule has 92 valence electrons. The Morgan fingerprint density at radius 3 is 2.78 bits per heavy atom. The highest BCUT2D eigenvalue weighted by Crippen LogP contribution is 2.02. The zero-order valence-electron chi connectivity index (χ0n) is 9.78.